The molecule has 1 aromatic heterocycles. The summed E-state index contributed by atoms with van der Waals surface area (Å²) >= 11 is 0. The van der Waals surface area contributed by atoms with Gasteiger partial charge in [-0.05, 0) is 26.8 Å². The monoisotopic (exact) mass is 260 g/mol. The lowest BCUT2D eigenvalue weighted by Gasteiger charge is -2.20. The number of aliphatic hydroxyl groups excluding tert-OH is 1. The highest BCUT2D eigenvalue weighted by Gasteiger charge is 2.15. The molecule has 102 valence electrons. The van der Waals surface area contributed by atoms with Crippen LogP contribution in [0.4, 0.5) is 0 Å². The predicted molar refractivity (Wildman–Crippen MR) is 75.8 cm³/mol. The van der Waals surface area contributed by atoms with Crippen molar-refractivity contribution in [2.24, 2.45) is 0 Å². The first-order valence-corrected chi connectivity index (χ1v) is 6.39. The first-order chi connectivity index (χ1) is 8.90. The van der Waals surface area contributed by atoms with Crippen molar-refractivity contribution in [3.05, 3.63) is 36.0 Å². The lowest BCUT2D eigenvalue weighted by atomic mass is 10.1. The minimum Gasteiger partial charge on any atom is -0.392 e. The van der Waals surface area contributed by atoms with E-state index in [1.807, 2.05) is 55.8 Å². The van der Waals surface area contributed by atoms with Gasteiger partial charge in [0.25, 0.3) is 0 Å². The first kappa shape index (κ1) is 13.6. The van der Waals surface area contributed by atoms with Crippen LogP contribution in [0.1, 0.15) is 26.3 Å². The van der Waals surface area contributed by atoms with E-state index in [9.17, 15) is 9.90 Å². The molecule has 1 amide bonds. The Bertz CT molecular complexity index is 594. The number of fused-ring (bicyclic) bond motifs is 1. The van der Waals surface area contributed by atoms with Crippen molar-refractivity contribution in [3.63, 3.8) is 0 Å². The summed E-state index contributed by atoms with van der Waals surface area (Å²) in [5, 5.41) is 13.3. The number of carbonyl (C=O) groups excluding carboxylic acids is 1. The van der Waals surface area contributed by atoms with Crippen LogP contribution >= 0.6 is 0 Å². The summed E-state index contributed by atoms with van der Waals surface area (Å²) in [5.41, 5.74) is 1.58. The number of hydrogen-bond acceptors (Lipinski definition) is 2. The van der Waals surface area contributed by atoms with E-state index in [4.69, 9.17) is 0 Å². The summed E-state index contributed by atoms with van der Waals surface area (Å²) in [5.74, 6) is -0.0299. The smallest absolute Gasteiger partial charge is 0.240 e. The highest BCUT2D eigenvalue weighted by atomic mass is 16.3. The second kappa shape index (κ2) is 5.05. The highest BCUT2D eigenvalue weighted by Crippen LogP contribution is 2.21. The van der Waals surface area contributed by atoms with E-state index >= 15 is 0 Å². The number of carbonyl (C=O) groups is 1. The fourth-order valence-corrected chi connectivity index (χ4v) is 2.19. The molecule has 0 radical (unpaired) electrons. The normalized spacial score (nSPS) is 11.8. The molecule has 2 aromatic rings. The van der Waals surface area contributed by atoms with Gasteiger partial charge in [0.1, 0.15) is 6.54 Å². The second-order valence-corrected chi connectivity index (χ2v) is 5.76. The van der Waals surface area contributed by atoms with E-state index in [1.165, 1.54) is 0 Å². The van der Waals surface area contributed by atoms with Gasteiger partial charge >= 0.3 is 0 Å². The minimum absolute atomic E-state index is 0.0194. The molecule has 4 heteroatoms. The molecule has 0 bridgehead atoms. The van der Waals surface area contributed by atoms with Gasteiger partial charge in [0.2, 0.25) is 5.91 Å². The van der Waals surface area contributed by atoms with Crippen LogP contribution in [0, 0.1) is 0 Å². The van der Waals surface area contributed by atoms with Crippen molar-refractivity contribution in [3.8, 4) is 0 Å². The summed E-state index contributed by atoms with van der Waals surface area (Å²) in [4.78, 5) is 12.0. The molecular weight excluding hydrogens is 240 g/mol. The van der Waals surface area contributed by atoms with Crippen molar-refractivity contribution in [1.82, 2.24) is 9.88 Å². The number of benzene rings is 1. The van der Waals surface area contributed by atoms with E-state index in [-0.39, 0.29) is 24.6 Å². The van der Waals surface area contributed by atoms with Crippen LogP contribution < -0.4 is 5.32 Å². The van der Waals surface area contributed by atoms with Crippen LogP contribution in [-0.4, -0.2) is 21.1 Å². The summed E-state index contributed by atoms with van der Waals surface area (Å²) in [6.07, 6.45) is 1.84. The molecule has 0 unspecified atom stereocenters. The molecule has 2 rings (SSSR count). The Labute approximate surface area is 113 Å². The van der Waals surface area contributed by atoms with Gasteiger partial charge in [-0.25, -0.2) is 0 Å². The fourth-order valence-electron chi connectivity index (χ4n) is 2.19. The molecule has 2 N–H and O–H groups in total. The lowest BCUT2D eigenvalue weighted by molar-refractivity contribution is -0.123. The molecule has 0 atom stereocenters. The molecule has 0 spiro atoms. The van der Waals surface area contributed by atoms with Crippen molar-refractivity contribution >= 4 is 16.8 Å². The zero-order chi connectivity index (χ0) is 14.0. The lowest BCUT2D eigenvalue weighted by Crippen LogP contribution is -2.42. The molecule has 0 saturated heterocycles. The predicted octanol–water partition coefficient (Wildman–Crippen LogP) is 2.05. The number of para-hydroxylation sites is 1. The van der Waals surface area contributed by atoms with Crippen LogP contribution in [0.5, 0.6) is 0 Å². The molecule has 0 aliphatic rings. The summed E-state index contributed by atoms with van der Waals surface area (Å²) in [6.45, 7) is 6.11. The van der Waals surface area contributed by atoms with E-state index < -0.39 is 0 Å². The molecule has 19 heavy (non-hydrogen) atoms. The van der Waals surface area contributed by atoms with Gasteiger partial charge in [-0.15, -0.1) is 0 Å². The van der Waals surface area contributed by atoms with Crippen LogP contribution in [0.3, 0.4) is 0 Å². The molecule has 1 aromatic carbocycles. The van der Waals surface area contributed by atoms with E-state index in [2.05, 4.69) is 5.32 Å². The van der Waals surface area contributed by atoms with E-state index in [0.717, 1.165) is 16.5 Å². The Hall–Kier alpha value is -1.81. The number of aliphatic hydroxyl groups is 1. The molecule has 0 aliphatic carbocycles. The van der Waals surface area contributed by atoms with Crippen LogP contribution in [0.15, 0.2) is 30.5 Å². The van der Waals surface area contributed by atoms with Gasteiger partial charge in [0, 0.05) is 28.2 Å². The van der Waals surface area contributed by atoms with Crippen molar-refractivity contribution in [2.45, 2.75) is 39.5 Å². The Kier molecular flexibility index (Phi) is 3.62. The molecule has 0 fully saturated rings. The quantitative estimate of drug-likeness (QED) is 0.887. The molecule has 0 aliphatic heterocycles. The van der Waals surface area contributed by atoms with Gasteiger partial charge in [0.15, 0.2) is 0 Å². The zero-order valence-electron chi connectivity index (χ0n) is 11.6. The van der Waals surface area contributed by atoms with Crippen molar-refractivity contribution in [2.75, 3.05) is 0 Å². The Morgan fingerprint density at radius 2 is 2.00 bits per heavy atom. The van der Waals surface area contributed by atoms with Gasteiger partial charge in [-0.1, -0.05) is 18.2 Å². The maximum absolute atomic E-state index is 12.0. The summed E-state index contributed by atoms with van der Waals surface area (Å²) in [6, 6.07) is 7.78. The van der Waals surface area contributed by atoms with Gasteiger partial charge < -0.3 is 15.0 Å². The van der Waals surface area contributed by atoms with E-state index in [0.29, 0.717) is 0 Å². The Morgan fingerprint density at radius 3 is 2.63 bits per heavy atom. The Balaban J connectivity index is 2.28. The minimum atomic E-state index is -0.236. The molecular formula is C15H20N2O2. The fraction of sp³-hybridized carbons (Fsp3) is 0.400. The summed E-state index contributed by atoms with van der Waals surface area (Å²) in [7, 11) is 0. The van der Waals surface area contributed by atoms with Gasteiger partial charge in [-0.3, -0.25) is 4.79 Å². The highest BCUT2D eigenvalue weighted by molar-refractivity contribution is 5.86. The number of aromatic nitrogens is 1. The molecule has 1 heterocycles. The average molecular weight is 260 g/mol. The standard InChI is InChI=1S/C15H20N2O2/c1-15(2,3)16-14(19)9-17-8-11(10-18)12-6-4-5-7-13(12)17/h4-8,18H,9-10H2,1-3H3,(H,16,19). The number of nitrogens with one attached hydrogen (secondary N) is 1. The topological polar surface area (TPSA) is 54.3 Å². The van der Waals surface area contributed by atoms with Crippen LogP contribution in [0.2, 0.25) is 0 Å². The van der Waals surface area contributed by atoms with Crippen molar-refractivity contribution < 1.29 is 9.90 Å². The number of rotatable bonds is 3. The third kappa shape index (κ3) is 3.15. The van der Waals surface area contributed by atoms with Crippen molar-refractivity contribution in [1.29, 1.82) is 0 Å². The molecule has 0 saturated carbocycles. The van der Waals surface area contributed by atoms with E-state index in [1.54, 1.807) is 0 Å². The molecule has 4 nitrogen and oxygen atoms in total. The largest absolute Gasteiger partial charge is 0.392 e. The Morgan fingerprint density at radius 1 is 1.32 bits per heavy atom. The average Bonchev–Trinajstić information content (AvgIpc) is 2.65. The van der Waals surface area contributed by atoms with Crippen LogP contribution in [0.25, 0.3) is 10.9 Å². The van der Waals surface area contributed by atoms with Gasteiger partial charge in [-0.2, -0.15) is 0 Å². The van der Waals surface area contributed by atoms with Crippen LogP contribution in [-0.2, 0) is 17.9 Å². The number of nitrogens with zero attached hydrogens (tertiary/aromatic N) is 1. The first-order valence-electron chi connectivity index (χ1n) is 6.39. The number of hydrogen-bond donors (Lipinski definition) is 2. The maximum Gasteiger partial charge on any atom is 0.240 e. The second-order valence-electron chi connectivity index (χ2n) is 5.76. The maximum atomic E-state index is 12.0. The third-order valence-electron chi connectivity index (χ3n) is 2.87. The van der Waals surface area contributed by atoms with Gasteiger partial charge in [0.05, 0.1) is 6.61 Å². The third-order valence-corrected chi connectivity index (χ3v) is 2.87. The summed E-state index contributed by atoms with van der Waals surface area (Å²) < 4.78 is 1.88. The number of amides is 1. The zero-order valence-corrected chi connectivity index (χ0v) is 11.6. The SMILES string of the molecule is CC(C)(C)NC(=O)Cn1cc(CO)c2ccccc21.